The molecule has 27 heavy (non-hydrogen) atoms. The molecule has 2 nitrogen and oxygen atoms in total. The first kappa shape index (κ1) is 18.7. The van der Waals surface area contributed by atoms with Gasteiger partial charge in [0.15, 0.2) is 0 Å². The van der Waals surface area contributed by atoms with E-state index in [1.807, 2.05) is 30.3 Å². The highest BCUT2D eigenvalue weighted by Crippen LogP contribution is 2.21. The number of halogens is 2. The van der Waals surface area contributed by atoms with Gasteiger partial charge in [-0.2, -0.15) is 0 Å². The fourth-order valence-electron chi connectivity index (χ4n) is 2.57. The highest BCUT2D eigenvalue weighted by atomic mass is 35.5. The van der Waals surface area contributed by atoms with Crippen LogP contribution in [0.25, 0.3) is 0 Å². The lowest BCUT2D eigenvalue weighted by Gasteiger charge is -2.18. The van der Waals surface area contributed by atoms with E-state index in [-0.39, 0.29) is 12.5 Å². The zero-order valence-corrected chi connectivity index (χ0v) is 15.5. The molecule has 3 aromatic rings. The van der Waals surface area contributed by atoms with E-state index in [1.54, 1.807) is 37.4 Å². The first-order valence-electron chi connectivity index (χ1n) is 8.40. The molecule has 134 valence electrons. The summed E-state index contributed by atoms with van der Waals surface area (Å²) in [6.45, 7) is 0.0971. The molecule has 1 amide bonds. The topological polar surface area (TPSA) is 20.3 Å². The van der Waals surface area contributed by atoms with Crippen LogP contribution in [0, 0.1) is 17.7 Å². The minimum absolute atomic E-state index is 0.0971. The summed E-state index contributed by atoms with van der Waals surface area (Å²) in [5, 5.41) is 0.307. The molecule has 0 aromatic heterocycles. The average molecular weight is 378 g/mol. The highest BCUT2D eigenvalue weighted by molar-refractivity contribution is 6.31. The van der Waals surface area contributed by atoms with Crippen molar-refractivity contribution < 1.29 is 9.18 Å². The predicted octanol–water partition coefficient (Wildman–Crippen LogP) is 5.15. The zero-order valence-electron chi connectivity index (χ0n) is 14.7. The SMILES string of the molecule is CN(Cc1c(F)cccc1Cl)C(=O)c1ccc(C#Cc2ccccc2)cc1. The molecule has 0 heterocycles. The molecule has 0 spiro atoms. The second-order valence-electron chi connectivity index (χ2n) is 6.05. The summed E-state index contributed by atoms with van der Waals surface area (Å²) < 4.78 is 13.9. The summed E-state index contributed by atoms with van der Waals surface area (Å²) in [6.07, 6.45) is 0. The van der Waals surface area contributed by atoms with Crippen LogP contribution in [0.5, 0.6) is 0 Å². The maximum absolute atomic E-state index is 13.9. The van der Waals surface area contributed by atoms with Gasteiger partial charge in [0.1, 0.15) is 5.82 Å². The van der Waals surface area contributed by atoms with Crippen molar-refractivity contribution in [1.29, 1.82) is 0 Å². The van der Waals surface area contributed by atoms with Crippen LogP contribution in [0.3, 0.4) is 0 Å². The molecule has 0 N–H and O–H groups in total. The second kappa shape index (κ2) is 8.53. The van der Waals surface area contributed by atoms with Gasteiger partial charge >= 0.3 is 0 Å². The van der Waals surface area contributed by atoms with Crippen molar-refractivity contribution in [3.8, 4) is 11.8 Å². The number of rotatable bonds is 3. The quantitative estimate of drug-likeness (QED) is 0.578. The van der Waals surface area contributed by atoms with Gasteiger partial charge in [0.05, 0.1) is 0 Å². The molecule has 3 aromatic carbocycles. The Labute approximate surface area is 163 Å². The highest BCUT2D eigenvalue weighted by Gasteiger charge is 2.15. The van der Waals surface area contributed by atoms with Gasteiger partial charge < -0.3 is 4.90 Å². The monoisotopic (exact) mass is 377 g/mol. The Morgan fingerprint density at radius 2 is 1.56 bits per heavy atom. The van der Waals surface area contributed by atoms with E-state index in [4.69, 9.17) is 11.6 Å². The lowest BCUT2D eigenvalue weighted by molar-refractivity contribution is 0.0784. The van der Waals surface area contributed by atoms with Crippen LogP contribution in [0.4, 0.5) is 4.39 Å². The van der Waals surface area contributed by atoms with E-state index < -0.39 is 5.82 Å². The van der Waals surface area contributed by atoms with Gasteiger partial charge in [0.25, 0.3) is 5.91 Å². The molecule has 0 fully saturated rings. The van der Waals surface area contributed by atoms with Crippen LogP contribution in [0.15, 0.2) is 72.8 Å². The largest absolute Gasteiger partial charge is 0.337 e. The third-order valence-corrected chi connectivity index (χ3v) is 4.41. The van der Waals surface area contributed by atoms with E-state index >= 15 is 0 Å². The van der Waals surface area contributed by atoms with E-state index in [1.165, 1.54) is 17.0 Å². The van der Waals surface area contributed by atoms with E-state index in [2.05, 4.69) is 11.8 Å². The first-order valence-corrected chi connectivity index (χ1v) is 8.78. The van der Waals surface area contributed by atoms with Crippen molar-refractivity contribution in [2.24, 2.45) is 0 Å². The minimum atomic E-state index is -0.423. The van der Waals surface area contributed by atoms with E-state index in [9.17, 15) is 9.18 Å². The van der Waals surface area contributed by atoms with Gasteiger partial charge in [-0.15, -0.1) is 0 Å². The lowest BCUT2D eigenvalue weighted by atomic mass is 10.1. The van der Waals surface area contributed by atoms with Crippen LogP contribution >= 0.6 is 11.6 Å². The molecule has 0 bridgehead atoms. The Hall–Kier alpha value is -3.09. The fourth-order valence-corrected chi connectivity index (χ4v) is 2.80. The number of carbonyl (C=O) groups excluding carboxylic acids is 1. The van der Waals surface area contributed by atoms with Crippen LogP contribution < -0.4 is 0 Å². The zero-order chi connectivity index (χ0) is 19.2. The number of benzene rings is 3. The van der Waals surface area contributed by atoms with E-state index in [0.717, 1.165) is 11.1 Å². The molecule has 4 heteroatoms. The van der Waals surface area contributed by atoms with Crippen LogP contribution in [0.2, 0.25) is 5.02 Å². The van der Waals surface area contributed by atoms with Crippen LogP contribution in [-0.2, 0) is 6.54 Å². The number of amides is 1. The number of hydrogen-bond donors (Lipinski definition) is 0. The third-order valence-electron chi connectivity index (χ3n) is 4.06. The van der Waals surface area contributed by atoms with Gasteiger partial charge in [0.2, 0.25) is 0 Å². The Morgan fingerprint density at radius 1 is 0.926 bits per heavy atom. The minimum Gasteiger partial charge on any atom is -0.337 e. The molecule has 3 rings (SSSR count). The van der Waals surface area contributed by atoms with Crippen molar-refractivity contribution in [1.82, 2.24) is 4.90 Å². The van der Waals surface area contributed by atoms with Gasteiger partial charge in [-0.25, -0.2) is 4.39 Å². The standard InChI is InChI=1S/C23H17ClFNO/c1-26(16-20-21(24)8-5-9-22(20)25)23(27)19-14-12-18(13-15-19)11-10-17-6-3-2-4-7-17/h2-9,12-15H,16H2,1H3. The lowest BCUT2D eigenvalue weighted by Crippen LogP contribution is -2.26. The molecule has 0 unspecified atom stereocenters. The molecular weight excluding hydrogens is 361 g/mol. The van der Waals surface area contributed by atoms with Gasteiger partial charge in [0, 0.05) is 40.9 Å². The predicted molar refractivity (Wildman–Crippen MR) is 106 cm³/mol. The van der Waals surface area contributed by atoms with Gasteiger partial charge in [-0.05, 0) is 48.5 Å². The normalized spacial score (nSPS) is 10.0. The molecule has 0 aliphatic rings. The Morgan fingerprint density at radius 3 is 2.19 bits per heavy atom. The summed E-state index contributed by atoms with van der Waals surface area (Å²) in [4.78, 5) is 14.0. The number of carbonyl (C=O) groups is 1. The fraction of sp³-hybridized carbons (Fsp3) is 0.0870. The Kier molecular flexibility index (Phi) is 5.90. The summed E-state index contributed by atoms with van der Waals surface area (Å²) in [5.41, 5.74) is 2.56. The van der Waals surface area contributed by atoms with E-state index in [0.29, 0.717) is 16.1 Å². The number of nitrogens with zero attached hydrogens (tertiary/aromatic N) is 1. The number of hydrogen-bond acceptors (Lipinski definition) is 1. The maximum Gasteiger partial charge on any atom is 0.253 e. The summed E-state index contributed by atoms with van der Waals surface area (Å²) in [7, 11) is 1.62. The van der Waals surface area contributed by atoms with Crippen LogP contribution in [0.1, 0.15) is 27.0 Å². The molecule has 0 radical (unpaired) electrons. The molecule has 0 aliphatic heterocycles. The maximum atomic E-state index is 13.9. The third kappa shape index (κ3) is 4.75. The molecular formula is C23H17ClFNO. The molecule has 0 saturated heterocycles. The van der Waals surface area contributed by atoms with Gasteiger partial charge in [-0.3, -0.25) is 4.79 Å². The van der Waals surface area contributed by atoms with Crippen molar-refractivity contribution in [3.05, 3.63) is 106 Å². The second-order valence-corrected chi connectivity index (χ2v) is 6.46. The Bertz CT molecular complexity index is 984. The van der Waals surface area contributed by atoms with Crippen molar-refractivity contribution in [2.45, 2.75) is 6.54 Å². The summed E-state index contributed by atoms with van der Waals surface area (Å²) in [5.74, 6) is 5.51. The molecule has 0 atom stereocenters. The first-order chi connectivity index (χ1) is 13.0. The summed E-state index contributed by atoms with van der Waals surface area (Å²) >= 11 is 6.04. The van der Waals surface area contributed by atoms with Crippen LogP contribution in [-0.4, -0.2) is 17.9 Å². The van der Waals surface area contributed by atoms with Crippen molar-refractivity contribution in [2.75, 3.05) is 7.05 Å². The van der Waals surface area contributed by atoms with Gasteiger partial charge in [-0.1, -0.05) is 47.7 Å². The van der Waals surface area contributed by atoms with Crippen molar-refractivity contribution >= 4 is 17.5 Å². The Balaban J connectivity index is 1.71. The average Bonchev–Trinajstić information content (AvgIpc) is 2.70. The smallest absolute Gasteiger partial charge is 0.253 e. The molecule has 0 aliphatic carbocycles. The molecule has 0 saturated carbocycles. The van der Waals surface area contributed by atoms with Crippen molar-refractivity contribution in [3.63, 3.8) is 0 Å². The summed E-state index contributed by atoms with van der Waals surface area (Å²) in [6, 6.07) is 21.2.